The zero-order valence-electron chi connectivity index (χ0n) is 8.75. The SMILES string of the molecule is COc1cc(Br)cc([C@@H](N)C(C)C)c1. The quantitative estimate of drug-likeness (QED) is 0.904. The van der Waals surface area contributed by atoms with Crippen LogP contribution in [0.25, 0.3) is 0 Å². The molecule has 1 rings (SSSR count). The van der Waals surface area contributed by atoms with Crippen molar-refractivity contribution >= 4 is 15.9 Å². The summed E-state index contributed by atoms with van der Waals surface area (Å²) >= 11 is 3.44. The molecule has 0 aromatic heterocycles. The maximum atomic E-state index is 6.05. The molecule has 0 aliphatic rings. The van der Waals surface area contributed by atoms with Gasteiger partial charge < -0.3 is 10.5 Å². The van der Waals surface area contributed by atoms with Crippen molar-refractivity contribution in [2.75, 3.05) is 7.11 Å². The van der Waals surface area contributed by atoms with E-state index < -0.39 is 0 Å². The summed E-state index contributed by atoms with van der Waals surface area (Å²) in [6, 6.07) is 6.00. The highest BCUT2D eigenvalue weighted by molar-refractivity contribution is 9.10. The molecule has 1 aromatic carbocycles. The molecule has 2 nitrogen and oxygen atoms in total. The summed E-state index contributed by atoms with van der Waals surface area (Å²) in [4.78, 5) is 0. The van der Waals surface area contributed by atoms with Crippen molar-refractivity contribution in [2.45, 2.75) is 19.9 Å². The van der Waals surface area contributed by atoms with E-state index >= 15 is 0 Å². The fourth-order valence-electron chi connectivity index (χ4n) is 1.28. The fraction of sp³-hybridized carbons (Fsp3) is 0.455. The second kappa shape index (κ2) is 4.80. The first-order valence-corrected chi connectivity index (χ1v) is 5.44. The summed E-state index contributed by atoms with van der Waals surface area (Å²) in [7, 11) is 1.66. The van der Waals surface area contributed by atoms with Gasteiger partial charge in [0.25, 0.3) is 0 Å². The van der Waals surface area contributed by atoms with Gasteiger partial charge in [0.15, 0.2) is 0 Å². The molecule has 0 amide bonds. The maximum absolute atomic E-state index is 6.05. The van der Waals surface area contributed by atoms with Gasteiger partial charge in [-0.3, -0.25) is 0 Å². The molecule has 0 saturated carbocycles. The molecule has 14 heavy (non-hydrogen) atoms. The highest BCUT2D eigenvalue weighted by Crippen LogP contribution is 2.27. The van der Waals surface area contributed by atoms with Crippen molar-refractivity contribution in [3.05, 3.63) is 28.2 Å². The third-order valence-corrected chi connectivity index (χ3v) is 2.69. The van der Waals surface area contributed by atoms with Crippen molar-refractivity contribution in [3.8, 4) is 5.75 Å². The Balaban J connectivity index is 3.02. The average molecular weight is 258 g/mol. The molecule has 0 bridgehead atoms. The lowest BCUT2D eigenvalue weighted by Gasteiger charge is -2.17. The molecule has 3 heteroatoms. The molecule has 0 radical (unpaired) electrons. The largest absolute Gasteiger partial charge is 0.497 e. The first-order valence-electron chi connectivity index (χ1n) is 4.64. The molecule has 2 N–H and O–H groups in total. The third-order valence-electron chi connectivity index (χ3n) is 2.23. The third kappa shape index (κ3) is 2.72. The molecule has 0 unspecified atom stereocenters. The Bertz CT molecular complexity index is 312. The van der Waals surface area contributed by atoms with Crippen LogP contribution in [-0.2, 0) is 0 Å². The summed E-state index contributed by atoms with van der Waals surface area (Å²) in [5.74, 6) is 1.26. The van der Waals surface area contributed by atoms with Crippen molar-refractivity contribution < 1.29 is 4.74 Å². The summed E-state index contributed by atoms with van der Waals surface area (Å²) in [5.41, 5.74) is 7.16. The molecule has 0 fully saturated rings. The number of hydrogen-bond donors (Lipinski definition) is 1. The molecular formula is C11H16BrNO. The fourth-order valence-corrected chi connectivity index (χ4v) is 1.77. The molecule has 0 spiro atoms. The van der Waals surface area contributed by atoms with Crippen LogP contribution in [0.15, 0.2) is 22.7 Å². The second-order valence-corrected chi connectivity index (χ2v) is 4.61. The van der Waals surface area contributed by atoms with E-state index in [0.717, 1.165) is 15.8 Å². The van der Waals surface area contributed by atoms with Crippen LogP contribution in [-0.4, -0.2) is 7.11 Å². The Kier molecular flexibility index (Phi) is 3.96. The predicted molar refractivity (Wildman–Crippen MR) is 62.5 cm³/mol. The van der Waals surface area contributed by atoms with Gasteiger partial charge in [-0.2, -0.15) is 0 Å². The van der Waals surface area contributed by atoms with Crippen LogP contribution < -0.4 is 10.5 Å². The van der Waals surface area contributed by atoms with Gasteiger partial charge in [0.1, 0.15) is 5.75 Å². The van der Waals surface area contributed by atoms with Crippen LogP contribution in [0.3, 0.4) is 0 Å². The van der Waals surface area contributed by atoms with Gasteiger partial charge in [-0.25, -0.2) is 0 Å². The minimum Gasteiger partial charge on any atom is -0.497 e. The van der Waals surface area contributed by atoms with Crippen LogP contribution in [0.1, 0.15) is 25.5 Å². The van der Waals surface area contributed by atoms with Gasteiger partial charge in [0.05, 0.1) is 7.11 Å². The Hall–Kier alpha value is -0.540. The first-order chi connectivity index (χ1) is 6.54. The smallest absolute Gasteiger partial charge is 0.120 e. The van der Waals surface area contributed by atoms with E-state index in [4.69, 9.17) is 10.5 Å². The monoisotopic (exact) mass is 257 g/mol. The molecule has 1 aromatic rings. The van der Waals surface area contributed by atoms with E-state index in [9.17, 15) is 0 Å². The lowest BCUT2D eigenvalue weighted by molar-refractivity contribution is 0.412. The van der Waals surface area contributed by atoms with Gasteiger partial charge in [-0.1, -0.05) is 29.8 Å². The van der Waals surface area contributed by atoms with Crippen LogP contribution in [0.5, 0.6) is 5.75 Å². The second-order valence-electron chi connectivity index (χ2n) is 3.69. The average Bonchev–Trinajstić information content (AvgIpc) is 2.15. The summed E-state index contributed by atoms with van der Waals surface area (Å²) in [5, 5.41) is 0. The molecule has 0 aliphatic heterocycles. The number of benzene rings is 1. The van der Waals surface area contributed by atoms with Gasteiger partial charge in [0.2, 0.25) is 0 Å². The summed E-state index contributed by atoms with van der Waals surface area (Å²) in [6.45, 7) is 4.22. The predicted octanol–water partition coefficient (Wildman–Crippen LogP) is 3.11. The van der Waals surface area contributed by atoms with Gasteiger partial charge in [0, 0.05) is 10.5 Å². The molecule has 0 aliphatic carbocycles. The Morgan fingerprint density at radius 1 is 1.29 bits per heavy atom. The van der Waals surface area contributed by atoms with Gasteiger partial charge in [-0.15, -0.1) is 0 Å². The minimum atomic E-state index is 0.0569. The first kappa shape index (κ1) is 11.5. The lowest BCUT2D eigenvalue weighted by Crippen LogP contribution is -2.16. The number of rotatable bonds is 3. The van der Waals surface area contributed by atoms with E-state index in [1.165, 1.54) is 0 Å². The van der Waals surface area contributed by atoms with E-state index in [2.05, 4.69) is 29.8 Å². The maximum Gasteiger partial charge on any atom is 0.120 e. The molecule has 78 valence electrons. The number of nitrogens with two attached hydrogens (primary N) is 1. The summed E-state index contributed by atoms with van der Waals surface area (Å²) < 4.78 is 6.18. The molecule has 0 saturated heterocycles. The lowest BCUT2D eigenvalue weighted by atomic mass is 9.97. The number of methoxy groups -OCH3 is 1. The zero-order valence-corrected chi connectivity index (χ0v) is 10.3. The van der Waals surface area contributed by atoms with Crippen LogP contribution in [0.2, 0.25) is 0 Å². The van der Waals surface area contributed by atoms with Crippen molar-refractivity contribution in [1.82, 2.24) is 0 Å². The number of ether oxygens (including phenoxy) is 1. The van der Waals surface area contributed by atoms with Crippen molar-refractivity contribution in [3.63, 3.8) is 0 Å². The van der Waals surface area contributed by atoms with Gasteiger partial charge in [-0.05, 0) is 29.7 Å². The van der Waals surface area contributed by atoms with E-state index in [0.29, 0.717) is 5.92 Å². The Morgan fingerprint density at radius 2 is 1.93 bits per heavy atom. The molecule has 1 atom stereocenters. The molecule has 0 heterocycles. The number of hydrogen-bond acceptors (Lipinski definition) is 2. The minimum absolute atomic E-state index is 0.0569. The zero-order chi connectivity index (χ0) is 10.7. The van der Waals surface area contributed by atoms with Crippen LogP contribution in [0.4, 0.5) is 0 Å². The van der Waals surface area contributed by atoms with Gasteiger partial charge >= 0.3 is 0 Å². The van der Waals surface area contributed by atoms with Crippen LogP contribution in [0, 0.1) is 5.92 Å². The standard InChI is InChI=1S/C11H16BrNO/c1-7(2)11(13)8-4-9(12)6-10(5-8)14-3/h4-7,11H,13H2,1-3H3/t11-/m0/s1. The normalized spacial score (nSPS) is 13.0. The van der Waals surface area contributed by atoms with Crippen LogP contribution >= 0.6 is 15.9 Å². The van der Waals surface area contributed by atoms with E-state index in [1.807, 2.05) is 18.2 Å². The van der Waals surface area contributed by atoms with Crippen molar-refractivity contribution in [2.24, 2.45) is 11.7 Å². The summed E-state index contributed by atoms with van der Waals surface area (Å²) in [6.07, 6.45) is 0. The van der Waals surface area contributed by atoms with E-state index in [1.54, 1.807) is 7.11 Å². The topological polar surface area (TPSA) is 35.2 Å². The Morgan fingerprint density at radius 3 is 2.43 bits per heavy atom. The highest BCUT2D eigenvalue weighted by atomic mass is 79.9. The highest BCUT2D eigenvalue weighted by Gasteiger charge is 2.11. The van der Waals surface area contributed by atoms with Crippen molar-refractivity contribution in [1.29, 1.82) is 0 Å². The molecular weight excluding hydrogens is 242 g/mol. The Labute approximate surface area is 93.6 Å². The number of halogens is 1. The van der Waals surface area contributed by atoms with E-state index in [-0.39, 0.29) is 6.04 Å².